The van der Waals surface area contributed by atoms with Crippen LogP contribution in [0.5, 0.6) is 0 Å². The van der Waals surface area contributed by atoms with E-state index in [2.05, 4.69) is 403 Å². The van der Waals surface area contributed by atoms with Crippen molar-refractivity contribution < 1.29 is 0 Å². The normalized spacial score (nSPS) is 10.7. The largest absolute Gasteiger partial charge is 0.0871 e. The first-order chi connectivity index (χ1) is 50.6. The second-order valence-corrected chi connectivity index (χ2v) is 27.4. The summed E-state index contributed by atoms with van der Waals surface area (Å²) in [6.45, 7) is 25.8. The van der Waals surface area contributed by atoms with E-state index in [1.54, 1.807) is 0 Å². The summed E-state index contributed by atoms with van der Waals surface area (Å²) in [6, 6.07) is 128. The molecule has 0 bridgehead atoms. The summed E-state index contributed by atoms with van der Waals surface area (Å²) in [5.41, 5.74) is 13.7. The summed E-state index contributed by atoms with van der Waals surface area (Å²) < 4.78 is 0. The van der Waals surface area contributed by atoms with Crippen molar-refractivity contribution in [2.75, 3.05) is 0 Å². The zero-order valence-corrected chi connectivity index (χ0v) is 63.2. The third kappa shape index (κ3) is 23.2. The van der Waals surface area contributed by atoms with Crippen LogP contribution in [0.2, 0.25) is 0 Å². The summed E-state index contributed by atoms with van der Waals surface area (Å²) in [5, 5.41) is 21.3. The van der Waals surface area contributed by atoms with E-state index in [0.29, 0.717) is 0 Å². The van der Waals surface area contributed by atoms with Gasteiger partial charge < -0.3 is 0 Å². The van der Waals surface area contributed by atoms with Crippen molar-refractivity contribution in [1.29, 1.82) is 0 Å². The van der Waals surface area contributed by atoms with Crippen LogP contribution in [0.15, 0.2) is 376 Å². The number of benzene rings is 17. The van der Waals surface area contributed by atoms with Crippen LogP contribution in [-0.2, 0) is 11.8 Å². The van der Waals surface area contributed by atoms with Gasteiger partial charge in [-0.3, -0.25) is 0 Å². The SMILES string of the molecule is C/C=C/c1ccccc1.C/C=C\c1ccccc1.CCc1ccccc1.Cc1c2ccccc2cc2ccccc12.Cc1ccc(C(C)(C)C)cc1.Cc1ccc2cc3ccccc3cc2c1.Cc1ccc2ccccc2c1.Cc1cccc2cc3ccccc3cc12.Cc1cccc2ccccc12. The highest BCUT2D eigenvalue weighted by Crippen LogP contribution is 2.29. The molecule has 0 atom stereocenters. The smallest absolute Gasteiger partial charge is 0.0132 e. The predicted molar refractivity (Wildman–Crippen MR) is 464 cm³/mol. The van der Waals surface area contributed by atoms with Crippen LogP contribution in [0.1, 0.15) is 97.2 Å². The third-order valence-corrected chi connectivity index (χ3v) is 18.3. The minimum atomic E-state index is 0.285. The van der Waals surface area contributed by atoms with Gasteiger partial charge in [0.1, 0.15) is 0 Å². The molecule has 104 heavy (non-hydrogen) atoms. The first-order valence-electron chi connectivity index (χ1n) is 36.6. The average molecular weight is 1350 g/mol. The van der Waals surface area contributed by atoms with Crippen LogP contribution in [0.4, 0.5) is 0 Å². The first-order valence-corrected chi connectivity index (χ1v) is 36.6. The Morgan fingerprint density at radius 1 is 0.240 bits per heavy atom. The Morgan fingerprint density at radius 2 is 0.558 bits per heavy atom. The van der Waals surface area contributed by atoms with Crippen LogP contribution < -0.4 is 0 Å². The fourth-order valence-electron chi connectivity index (χ4n) is 12.4. The fraction of sp³-hybridized carbons (Fsp3) is 0.135. The monoisotopic (exact) mass is 1350 g/mol. The Kier molecular flexibility index (Phi) is 29.0. The van der Waals surface area contributed by atoms with Crippen LogP contribution in [0.25, 0.3) is 98.3 Å². The Bertz CT molecular complexity index is 5360. The molecule has 0 heteroatoms. The zero-order valence-electron chi connectivity index (χ0n) is 63.2. The van der Waals surface area contributed by atoms with Crippen molar-refractivity contribution in [2.24, 2.45) is 0 Å². The van der Waals surface area contributed by atoms with Crippen molar-refractivity contribution in [3.05, 3.63) is 432 Å². The van der Waals surface area contributed by atoms with Gasteiger partial charge in [-0.05, 0) is 223 Å². The van der Waals surface area contributed by atoms with Crippen LogP contribution in [-0.4, -0.2) is 0 Å². The van der Waals surface area contributed by atoms with Crippen molar-refractivity contribution in [3.63, 3.8) is 0 Å². The molecule has 0 radical (unpaired) electrons. The standard InChI is InChI=1S/3C15H12.2C11H10.C11H16.2C9H10.C8H10/c1-11-14-8-4-2-6-12(14)10-13-7-3-5-9-15(11)13;1-11-5-4-8-14-9-12-6-2-3-7-13(12)10-15(11)14;1-11-6-7-14-9-12-4-2-3-5-13(12)10-15(14)8-11;1-9-5-4-7-10-6-2-3-8-11(9)10;1-9-6-7-10-4-2-3-5-11(10)8-9;1-9-5-7-10(8-6-9)11(2,3)4;2*1-2-6-9-7-4-3-5-8-9;1-2-8-6-4-3-5-7-8/h3*2-10H,1H3;2*2-8H,1H3;5-8H,1-4H3;2*2-8H,1H3;3-7H,2H2,1H3/b;;;;;;6-2+;6-2-;. The molecule has 17 aromatic carbocycles. The molecule has 0 aliphatic heterocycles. The molecular formula is C104H102. The second-order valence-electron chi connectivity index (χ2n) is 27.4. The molecule has 518 valence electrons. The van der Waals surface area contributed by atoms with Gasteiger partial charge in [-0.25, -0.2) is 0 Å². The highest BCUT2D eigenvalue weighted by atomic mass is 14.2. The van der Waals surface area contributed by atoms with E-state index in [1.165, 1.54) is 142 Å². The first kappa shape index (κ1) is 76.5. The van der Waals surface area contributed by atoms with E-state index in [0.717, 1.165) is 6.42 Å². The Hall–Kier alpha value is -11.7. The van der Waals surface area contributed by atoms with E-state index >= 15 is 0 Å². The lowest BCUT2D eigenvalue weighted by Crippen LogP contribution is -2.10. The average Bonchev–Trinajstić information content (AvgIpc) is 0.792. The van der Waals surface area contributed by atoms with E-state index < -0.39 is 0 Å². The number of allylic oxidation sites excluding steroid dienone is 2. The zero-order chi connectivity index (χ0) is 73.5. The summed E-state index contributed by atoms with van der Waals surface area (Å²) >= 11 is 0. The predicted octanol–water partition coefficient (Wildman–Crippen LogP) is 30.2. The second kappa shape index (κ2) is 39.5. The molecule has 0 aliphatic carbocycles. The fourth-order valence-corrected chi connectivity index (χ4v) is 12.4. The van der Waals surface area contributed by atoms with Gasteiger partial charge in [0.15, 0.2) is 0 Å². The maximum Gasteiger partial charge on any atom is -0.0132 e. The molecule has 0 heterocycles. The number of aryl methyl sites for hydroxylation is 7. The van der Waals surface area contributed by atoms with Crippen molar-refractivity contribution in [3.8, 4) is 0 Å². The molecule has 0 nitrogen and oxygen atoms in total. The summed E-state index contributed by atoms with van der Waals surface area (Å²) in [5.74, 6) is 0. The van der Waals surface area contributed by atoms with Gasteiger partial charge in [0.05, 0.1) is 0 Å². The van der Waals surface area contributed by atoms with Gasteiger partial charge in [0.25, 0.3) is 0 Å². The lowest BCUT2D eigenvalue weighted by molar-refractivity contribution is 0.590. The van der Waals surface area contributed by atoms with Gasteiger partial charge >= 0.3 is 0 Å². The molecule has 0 amide bonds. The van der Waals surface area contributed by atoms with E-state index in [4.69, 9.17) is 0 Å². The van der Waals surface area contributed by atoms with Crippen LogP contribution in [0.3, 0.4) is 0 Å². The van der Waals surface area contributed by atoms with Gasteiger partial charge in [-0.1, -0.05) is 402 Å². The van der Waals surface area contributed by atoms with E-state index in [1.807, 2.05) is 68.5 Å². The molecule has 0 aliphatic rings. The molecule has 0 fully saturated rings. The highest BCUT2D eigenvalue weighted by Gasteiger charge is 2.12. The van der Waals surface area contributed by atoms with Crippen molar-refractivity contribution in [2.45, 2.75) is 94.9 Å². The molecule has 0 unspecified atom stereocenters. The van der Waals surface area contributed by atoms with E-state index in [9.17, 15) is 0 Å². The lowest BCUT2D eigenvalue weighted by atomic mass is 9.87. The number of rotatable bonds is 3. The Balaban J connectivity index is 0.000000137. The minimum Gasteiger partial charge on any atom is -0.0871 e. The Labute approximate surface area is 621 Å². The molecular weight excluding hydrogens is 1250 g/mol. The van der Waals surface area contributed by atoms with Crippen LogP contribution >= 0.6 is 0 Å². The van der Waals surface area contributed by atoms with Gasteiger partial charge in [0, 0.05) is 0 Å². The maximum atomic E-state index is 2.28. The molecule has 0 saturated heterocycles. The molecule has 17 rings (SSSR count). The minimum absolute atomic E-state index is 0.285. The van der Waals surface area contributed by atoms with Crippen molar-refractivity contribution in [1.82, 2.24) is 0 Å². The molecule has 17 aromatic rings. The number of hydrogen-bond donors (Lipinski definition) is 0. The topological polar surface area (TPSA) is 0 Å². The lowest BCUT2D eigenvalue weighted by Gasteiger charge is -2.18. The summed E-state index contributed by atoms with van der Waals surface area (Å²) in [4.78, 5) is 0. The summed E-state index contributed by atoms with van der Waals surface area (Å²) in [6.07, 6.45) is 9.38. The summed E-state index contributed by atoms with van der Waals surface area (Å²) in [7, 11) is 0. The van der Waals surface area contributed by atoms with Gasteiger partial charge in [-0.2, -0.15) is 0 Å². The molecule has 0 saturated carbocycles. The van der Waals surface area contributed by atoms with E-state index in [-0.39, 0.29) is 5.41 Å². The molecule has 0 aromatic heterocycles. The quantitative estimate of drug-likeness (QED) is 0.155. The Morgan fingerprint density at radius 3 is 1.02 bits per heavy atom. The van der Waals surface area contributed by atoms with Gasteiger partial charge in [-0.15, -0.1) is 0 Å². The molecule has 0 spiro atoms. The highest BCUT2D eigenvalue weighted by molar-refractivity contribution is 6.03. The number of fused-ring (bicyclic) bond motifs is 8. The van der Waals surface area contributed by atoms with Crippen LogP contribution in [0, 0.1) is 41.5 Å². The molecule has 0 N–H and O–H groups in total. The maximum absolute atomic E-state index is 2.28. The number of hydrogen-bond acceptors (Lipinski definition) is 0. The third-order valence-electron chi connectivity index (χ3n) is 18.3. The van der Waals surface area contributed by atoms with Gasteiger partial charge in [0.2, 0.25) is 0 Å². The van der Waals surface area contributed by atoms with Crippen molar-refractivity contribution >= 4 is 98.3 Å².